The van der Waals surface area contributed by atoms with Gasteiger partial charge in [0.1, 0.15) is 6.04 Å². The lowest BCUT2D eigenvalue weighted by molar-refractivity contribution is -0.140. The fourth-order valence-corrected chi connectivity index (χ4v) is 2.76. The Morgan fingerprint density at radius 2 is 2.44 bits per heavy atom. The van der Waals surface area contributed by atoms with Gasteiger partial charge in [0.25, 0.3) is 0 Å². The zero-order valence-electron chi connectivity index (χ0n) is 10.3. The lowest BCUT2D eigenvalue weighted by Crippen LogP contribution is -2.59. The number of hydrogen-bond donors (Lipinski definition) is 2. The van der Waals surface area contributed by atoms with Crippen molar-refractivity contribution in [1.82, 2.24) is 15.5 Å². The van der Waals surface area contributed by atoms with Gasteiger partial charge in [0.2, 0.25) is 11.8 Å². The normalized spacial score (nSPS) is 19.6. The van der Waals surface area contributed by atoms with E-state index in [9.17, 15) is 9.59 Å². The molecular formula is C12H17N3O2S. The van der Waals surface area contributed by atoms with Crippen LogP contribution in [0.2, 0.25) is 0 Å². The van der Waals surface area contributed by atoms with E-state index in [2.05, 4.69) is 10.6 Å². The Morgan fingerprint density at radius 3 is 3.11 bits per heavy atom. The minimum absolute atomic E-state index is 0.0209. The smallest absolute Gasteiger partial charge is 0.243 e. The molecule has 6 heteroatoms. The molecule has 1 aliphatic rings. The number of piperazine rings is 1. The largest absolute Gasteiger partial charge is 0.357 e. The van der Waals surface area contributed by atoms with Gasteiger partial charge in [0, 0.05) is 31.6 Å². The van der Waals surface area contributed by atoms with Crippen molar-refractivity contribution in [2.24, 2.45) is 0 Å². The van der Waals surface area contributed by atoms with E-state index >= 15 is 0 Å². The zero-order valence-corrected chi connectivity index (χ0v) is 11.1. The van der Waals surface area contributed by atoms with Crippen molar-refractivity contribution in [2.75, 3.05) is 26.7 Å². The van der Waals surface area contributed by atoms with E-state index in [0.717, 1.165) is 11.4 Å². The van der Waals surface area contributed by atoms with E-state index in [1.54, 1.807) is 23.3 Å². The number of rotatable bonds is 3. The first kappa shape index (κ1) is 13.0. The first-order valence-corrected chi connectivity index (χ1v) is 6.84. The number of nitrogens with one attached hydrogen (secondary N) is 2. The van der Waals surface area contributed by atoms with Gasteiger partial charge in [0.15, 0.2) is 0 Å². The Labute approximate surface area is 110 Å². The molecule has 2 amide bonds. The van der Waals surface area contributed by atoms with Crippen LogP contribution in [0.1, 0.15) is 4.88 Å². The van der Waals surface area contributed by atoms with Gasteiger partial charge >= 0.3 is 0 Å². The van der Waals surface area contributed by atoms with Gasteiger partial charge in [-0.25, -0.2) is 0 Å². The number of thiophene rings is 1. The molecule has 1 aliphatic heterocycles. The maximum absolute atomic E-state index is 12.2. The predicted octanol–water partition coefficient (Wildman–Crippen LogP) is -0.163. The number of carbonyl (C=O) groups excluding carboxylic acids is 2. The van der Waals surface area contributed by atoms with Crippen molar-refractivity contribution in [2.45, 2.75) is 12.5 Å². The molecule has 5 nitrogen and oxygen atoms in total. The van der Waals surface area contributed by atoms with Gasteiger partial charge < -0.3 is 15.5 Å². The molecule has 0 aliphatic carbocycles. The molecule has 1 fully saturated rings. The van der Waals surface area contributed by atoms with E-state index in [1.807, 2.05) is 17.5 Å². The molecule has 0 bridgehead atoms. The minimum Gasteiger partial charge on any atom is -0.357 e. The van der Waals surface area contributed by atoms with Crippen LogP contribution in [0.4, 0.5) is 0 Å². The summed E-state index contributed by atoms with van der Waals surface area (Å²) in [6.45, 7) is 1.85. The highest BCUT2D eigenvalue weighted by Crippen LogP contribution is 2.13. The Hall–Kier alpha value is -1.40. The monoisotopic (exact) mass is 267 g/mol. The molecule has 18 heavy (non-hydrogen) atoms. The molecule has 0 saturated carbocycles. The van der Waals surface area contributed by atoms with E-state index < -0.39 is 6.04 Å². The number of carbonyl (C=O) groups is 2. The van der Waals surface area contributed by atoms with E-state index in [4.69, 9.17) is 0 Å². The SMILES string of the molecule is CNC(=O)C1CNCCN1C(=O)Cc1cccs1. The average molecular weight is 267 g/mol. The molecule has 1 unspecified atom stereocenters. The van der Waals surface area contributed by atoms with Crippen molar-refractivity contribution in [3.8, 4) is 0 Å². The van der Waals surface area contributed by atoms with Crippen LogP contribution >= 0.6 is 11.3 Å². The van der Waals surface area contributed by atoms with Gasteiger partial charge in [0.05, 0.1) is 6.42 Å². The third-order valence-corrected chi connectivity index (χ3v) is 3.89. The van der Waals surface area contributed by atoms with Gasteiger partial charge in [-0.1, -0.05) is 6.07 Å². The standard InChI is InChI=1S/C12H17N3O2S/c1-13-12(17)10-8-14-4-5-15(10)11(16)7-9-3-2-6-18-9/h2-3,6,10,14H,4-5,7-8H2,1H3,(H,13,17). The highest BCUT2D eigenvalue weighted by molar-refractivity contribution is 7.10. The zero-order chi connectivity index (χ0) is 13.0. The summed E-state index contributed by atoms with van der Waals surface area (Å²) in [4.78, 5) is 26.7. The van der Waals surface area contributed by atoms with E-state index in [0.29, 0.717) is 19.5 Å². The average Bonchev–Trinajstić information content (AvgIpc) is 2.90. The summed E-state index contributed by atoms with van der Waals surface area (Å²) in [6.07, 6.45) is 0.380. The Bertz CT molecular complexity index is 419. The molecule has 0 radical (unpaired) electrons. The Kier molecular flexibility index (Phi) is 4.33. The third-order valence-electron chi connectivity index (χ3n) is 3.02. The fourth-order valence-electron chi connectivity index (χ4n) is 2.07. The summed E-state index contributed by atoms with van der Waals surface area (Å²) in [5.74, 6) is -0.0886. The summed E-state index contributed by atoms with van der Waals surface area (Å²) in [5, 5.41) is 7.70. The Balaban J connectivity index is 2.04. The summed E-state index contributed by atoms with van der Waals surface area (Å²) in [5.41, 5.74) is 0. The van der Waals surface area contributed by atoms with Crippen LogP contribution in [-0.2, 0) is 16.0 Å². The fraction of sp³-hybridized carbons (Fsp3) is 0.500. The minimum atomic E-state index is -0.392. The van der Waals surface area contributed by atoms with E-state index in [-0.39, 0.29) is 11.8 Å². The number of likely N-dealkylation sites (N-methyl/N-ethyl adjacent to an activating group) is 1. The van der Waals surface area contributed by atoms with Crippen molar-refractivity contribution >= 4 is 23.2 Å². The van der Waals surface area contributed by atoms with Crippen LogP contribution < -0.4 is 10.6 Å². The van der Waals surface area contributed by atoms with Crippen molar-refractivity contribution in [1.29, 1.82) is 0 Å². The van der Waals surface area contributed by atoms with Gasteiger partial charge in [-0.05, 0) is 11.4 Å². The molecule has 1 atom stereocenters. The summed E-state index contributed by atoms with van der Waals surface area (Å²) < 4.78 is 0. The van der Waals surface area contributed by atoms with Crippen LogP contribution in [0.3, 0.4) is 0 Å². The van der Waals surface area contributed by atoms with Crippen molar-refractivity contribution < 1.29 is 9.59 Å². The van der Waals surface area contributed by atoms with Crippen LogP contribution in [0, 0.1) is 0 Å². The number of hydrogen-bond acceptors (Lipinski definition) is 4. The molecule has 0 aromatic carbocycles. The molecule has 1 saturated heterocycles. The maximum atomic E-state index is 12.2. The number of nitrogens with zero attached hydrogens (tertiary/aromatic N) is 1. The Morgan fingerprint density at radius 1 is 1.61 bits per heavy atom. The molecular weight excluding hydrogens is 250 g/mol. The molecule has 2 rings (SSSR count). The van der Waals surface area contributed by atoms with E-state index in [1.165, 1.54) is 0 Å². The summed E-state index contributed by atoms with van der Waals surface area (Å²) >= 11 is 1.57. The third kappa shape index (κ3) is 2.88. The highest BCUT2D eigenvalue weighted by atomic mass is 32.1. The molecule has 0 spiro atoms. The quantitative estimate of drug-likeness (QED) is 0.800. The predicted molar refractivity (Wildman–Crippen MR) is 70.5 cm³/mol. The second-order valence-electron chi connectivity index (χ2n) is 4.18. The van der Waals surface area contributed by atoms with Gasteiger partial charge in [-0.2, -0.15) is 0 Å². The van der Waals surface area contributed by atoms with Crippen LogP contribution in [-0.4, -0.2) is 49.4 Å². The highest BCUT2D eigenvalue weighted by Gasteiger charge is 2.31. The van der Waals surface area contributed by atoms with Gasteiger partial charge in [-0.15, -0.1) is 11.3 Å². The first-order valence-electron chi connectivity index (χ1n) is 5.96. The number of amides is 2. The molecule has 2 heterocycles. The second kappa shape index (κ2) is 5.97. The van der Waals surface area contributed by atoms with Crippen LogP contribution in [0.15, 0.2) is 17.5 Å². The molecule has 98 valence electrons. The lowest BCUT2D eigenvalue weighted by atomic mass is 10.1. The second-order valence-corrected chi connectivity index (χ2v) is 5.21. The topological polar surface area (TPSA) is 61.4 Å². The van der Waals surface area contributed by atoms with Crippen molar-refractivity contribution in [3.63, 3.8) is 0 Å². The molecule has 1 aromatic rings. The van der Waals surface area contributed by atoms with Gasteiger partial charge in [-0.3, -0.25) is 9.59 Å². The van der Waals surface area contributed by atoms with Crippen LogP contribution in [0.25, 0.3) is 0 Å². The lowest BCUT2D eigenvalue weighted by Gasteiger charge is -2.34. The molecule has 1 aromatic heterocycles. The first-order chi connectivity index (χ1) is 8.72. The van der Waals surface area contributed by atoms with Crippen LogP contribution in [0.5, 0.6) is 0 Å². The summed E-state index contributed by atoms with van der Waals surface area (Å²) in [7, 11) is 1.60. The van der Waals surface area contributed by atoms with Crippen molar-refractivity contribution in [3.05, 3.63) is 22.4 Å². The maximum Gasteiger partial charge on any atom is 0.243 e. The summed E-state index contributed by atoms with van der Waals surface area (Å²) in [6, 6.07) is 3.48. The molecule has 2 N–H and O–H groups in total.